The minimum atomic E-state index is 0.280. The van der Waals surface area contributed by atoms with E-state index in [9.17, 15) is 4.79 Å². The molecule has 0 bridgehead atoms. The molecule has 21 heavy (non-hydrogen) atoms. The fourth-order valence-electron chi connectivity index (χ4n) is 5.02. The Hall–Kier alpha value is -0.610. The van der Waals surface area contributed by atoms with E-state index in [-0.39, 0.29) is 5.41 Å². The Morgan fingerprint density at radius 1 is 1.14 bits per heavy atom. The average molecular weight is 292 g/mol. The van der Waals surface area contributed by atoms with Gasteiger partial charge in [-0.25, -0.2) is 0 Å². The van der Waals surface area contributed by atoms with Gasteiger partial charge in [0.25, 0.3) is 0 Å². The first-order chi connectivity index (χ1) is 10.2. The Bertz CT molecular complexity index is 406. The molecule has 2 atom stereocenters. The van der Waals surface area contributed by atoms with E-state index >= 15 is 0 Å². The second kappa shape index (κ2) is 5.24. The van der Waals surface area contributed by atoms with Crippen LogP contribution in [-0.2, 0) is 9.53 Å². The molecule has 2 unspecified atom stereocenters. The molecule has 4 aliphatic rings. The zero-order valence-electron chi connectivity index (χ0n) is 13.0. The van der Waals surface area contributed by atoms with E-state index in [2.05, 4.69) is 10.2 Å². The minimum absolute atomic E-state index is 0.280. The number of rotatable bonds is 1. The summed E-state index contributed by atoms with van der Waals surface area (Å²) in [5.41, 5.74) is 0.651. The van der Waals surface area contributed by atoms with Crippen LogP contribution in [0.15, 0.2) is 0 Å². The van der Waals surface area contributed by atoms with E-state index < -0.39 is 0 Å². The molecule has 118 valence electrons. The number of carbonyl (C=O) groups is 1. The van der Waals surface area contributed by atoms with Gasteiger partial charge in [-0.2, -0.15) is 0 Å². The van der Waals surface area contributed by atoms with Crippen LogP contribution >= 0.6 is 0 Å². The van der Waals surface area contributed by atoms with E-state index in [1.165, 1.54) is 32.1 Å². The molecular formula is C17H28N2O2. The van der Waals surface area contributed by atoms with Gasteiger partial charge in [-0.05, 0) is 63.5 Å². The van der Waals surface area contributed by atoms with Crippen molar-refractivity contribution in [2.75, 3.05) is 39.4 Å². The molecule has 3 aliphatic heterocycles. The van der Waals surface area contributed by atoms with E-state index in [1.807, 2.05) is 0 Å². The Kier molecular flexibility index (Phi) is 3.49. The van der Waals surface area contributed by atoms with E-state index in [0.29, 0.717) is 17.2 Å². The third kappa shape index (κ3) is 2.50. The highest BCUT2D eigenvalue weighted by molar-refractivity contribution is 5.83. The van der Waals surface area contributed by atoms with Crippen LogP contribution in [0, 0.1) is 16.7 Å². The summed E-state index contributed by atoms with van der Waals surface area (Å²) >= 11 is 0. The quantitative estimate of drug-likeness (QED) is 0.801. The normalized spacial score (nSPS) is 38.7. The van der Waals surface area contributed by atoms with Gasteiger partial charge in [0.2, 0.25) is 5.91 Å². The number of carbonyl (C=O) groups excluding carboxylic acids is 1. The molecule has 0 aromatic rings. The largest absolute Gasteiger partial charge is 0.381 e. The van der Waals surface area contributed by atoms with Gasteiger partial charge in [0.15, 0.2) is 0 Å². The zero-order valence-corrected chi connectivity index (χ0v) is 13.0. The van der Waals surface area contributed by atoms with Crippen LogP contribution in [0.1, 0.15) is 44.9 Å². The Morgan fingerprint density at radius 3 is 2.71 bits per heavy atom. The predicted octanol–water partition coefficient (Wildman–Crippen LogP) is 1.80. The minimum Gasteiger partial charge on any atom is -0.381 e. The summed E-state index contributed by atoms with van der Waals surface area (Å²) in [5.74, 6) is 0.792. The number of amides is 1. The number of nitrogens with one attached hydrogen (secondary N) is 1. The van der Waals surface area contributed by atoms with Crippen molar-refractivity contribution in [1.82, 2.24) is 10.2 Å². The van der Waals surface area contributed by atoms with Gasteiger partial charge < -0.3 is 15.0 Å². The first-order valence-corrected chi connectivity index (χ1v) is 8.81. The summed E-state index contributed by atoms with van der Waals surface area (Å²) in [6, 6.07) is 0. The van der Waals surface area contributed by atoms with Crippen LogP contribution in [0.25, 0.3) is 0 Å². The molecular weight excluding hydrogens is 264 g/mol. The van der Waals surface area contributed by atoms with Gasteiger partial charge >= 0.3 is 0 Å². The lowest BCUT2D eigenvalue weighted by Crippen LogP contribution is -2.50. The fourth-order valence-corrected chi connectivity index (χ4v) is 5.02. The van der Waals surface area contributed by atoms with Crippen LogP contribution in [0.3, 0.4) is 0 Å². The highest BCUT2D eigenvalue weighted by Crippen LogP contribution is 2.59. The molecule has 4 rings (SSSR count). The van der Waals surface area contributed by atoms with Crippen molar-refractivity contribution in [1.29, 1.82) is 0 Å². The molecule has 1 aliphatic carbocycles. The van der Waals surface area contributed by atoms with Crippen molar-refractivity contribution in [3.8, 4) is 0 Å². The number of hydrogen-bond acceptors (Lipinski definition) is 3. The summed E-state index contributed by atoms with van der Waals surface area (Å²) in [5, 5.41) is 3.42. The summed E-state index contributed by atoms with van der Waals surface area (Å²) < 4.78 is 5.73. The molecule has 2 spiro atoms. The van der Waals surface area contributed by atoms with Gasteiger partial charge in [0, 0.05) is 31.0 Å². The lowest BCUT2D eigenvalue weighted by molar-refractivity contribution is -0.140. The Balaban J connectivity index is 1.40. The maximum absolute atomic E-state index is 12.9. The number of hydrogen-bond donors (Lipinski definition) is 1. The van der Waals surface area contributed by atoms with Crippen LogP contribution < -0.4 is 5.32 Å². The molecule has 4 heteroatoms. The van der Waals surface area contributed by atoms with Crippen molar-refractivity contribution in [2.45, 2.75) is 44.9 Å². The fraction of sp³-hybridized carbons (Fsp3) is 0.941. The standard InChI is InChI=1S/C17H28N2O2/c20-15(14-11-17(14)5-7-18-8-6-17)19-9-1-3-16(12-19)4-2-10-21-13-16/h14,18H,1-13H2. The lowest BCUT2D eigenvalue weighted by atomic mass is 9.75. The van der Waals surface area contributed by atoms with E-state index in [0.717, 1.165) is 52.2 Å². The van der Waals surface area contributed by atoms with Crippen LogP contribution in [0.4, 0.5) is 0 Å². The lowest BCUT2D eigenvalue weighted by Gasteiger charge is -2.45. The SMILES string of the molecule is O=C(C1CC12CCNCC2)N1CCCC2(CCCOC2)C1. The third-order valence-electron chi connectivity index (χ3n) is 6.46. The highest BCUT2D eigenvalue weighted by Gasteiger charge is 2.59. The van der Waals surface area contributed by atoms with E-state index in [1.54, 1.807) is 0 Å². The first kappa shape index (κ1) is 14.0. The van der Waals surface area contributed by atoms with Gasteiger partial charge in [-0.1, -0.05) is 0 Å². The van der Waals surface area contributed by atoms with Crippen molar-refractivity contribution < 1.29 is 9.53 Å². The monoisotopic (exact) mass is 292 g/mol. The molecule has 3 saturated heterocycles. The smallest absolute Gasteiger partial charge is 0.226 e. The summed E-state index contributed by atoms with van der Waals surface area (Å²) in [4.78, 5) is 15.1. The van der Waals surface area contributed by atoms with Gasteiger partial charge in [0.05, 0.1) is 6.61 Å². The molecule has 3 heterocycles. The van der Waals surface area contributed by atoms with Gasteiger partial charge in [-0.15, -0.1) is 0 Å². The van der Waals surface area contributed by atoms with Gasteiger partial charge in [0.1, 0.15) is 0 Å². The first-order valence-electron chi connectivity index (χ1n) is 8.81. The molecule has 0 aromatic carbocycles. The Morgan fingerprint density at radius 2 is 1.95 bits per heavy atom. The molecule has 1 N–H and O–H groups in total. The van der Waals surface area contributed by atoms with Crippen LogP contribution in [-0.4, -0.2) is 50.2 Å². The predicted molar refractivity (Wildman–Crippen MR) is 80.9 cm³/mol. The highest BCUT2D eigenvalue weighted by atomic mass is 16.5. The topological polar surface area (TPSA) is 41.6 Å². The van der Waals surface area contributed by atoms with Crippen LogP contribution in [0.5, 0.6) is 0 Å². The molecule has 1 saturated carbocycles. The summed E-state index contributed by atoms with van der Waals surface area (Å²) in [6.07, 6.45) is 8.37. The summed E-state index contributed by atoms with van der Waals surface area (Å²) in [6.45, 7) is 5.91. The van der Waals surface area contributed by atoms with E-state index in [4.69, 9.17) is 4.74 Å². The number of ether oxygens (including phenoxy) is 1. The third-order valence-corrected chi connectivity index (χ3v) is 6.46. The van der Waals surface area contributed by atoms with Crippen molar-refractivity contribution in [3.05, 3.63) is 0 Å². The zero-order chi connectivity index (χ0) is 14.3. The molecule has 4 nitrogen and oxygen atoms in total. The van der Waals surface area contributed by atoms with Gasteiger partial charge in [-0.3, -0.25) is 4.79 Å². The molecule has 0 radical (unpaired) electrons. The number of piperidine rings is 2. The van der Waals surface area contributed by atoms with Crippen molar-refractivity contribution in [2.24, 2.45) is 16.7 Å². The molecule has 4 fully saturated rings. The molecule has 1 amide bonds. The maximum Gasteiger partial charge on any atom is 0.226 e. The summed E-state index contributed by atoms with van der Waals surface area (Å²) in [7, 11) is 0. The second-order valence-electron chi connectivity index (χ2n) is 7.89. The number of nitrogens with zero attached hydrogens (tertiary/aromatic N) is 1. The van der Waals surface area contributed by atoms with Crippen LogP contribution in [0.2, 0.25) is 0 Å². The second-order valence-corrected chi connectivity index (χ2v) is 7.89. The van der Waals surface area contributed by atoms with Crippen molar-refractivity contribution in [3.63, 3.8) is 0 Å². The Labute approximate surface area is 127 Å². The maximum atomic E-state index is 12.9. The average Bonchev–Trinajstić information content (AvgIpc) is 3.21. The molecule has 0 aromatic heterocycles. The number of likely N-dealkylation sites (tertiary alicyclic amines) is 1. The van der Waals surface area contributed by atoms with Crippen molar-refractivity contribution >= 4 is 5.91 Å².